The predicted octanol–water partition coefficient (Wildman–Crippen LogP) is 0.0185. The van der Waals surface area contributed by atoms with Gasteiger partial charge in [-0.15, -0.1) is 0 Å². The molecule has 1 aliphatic rings. The van der Waals surface area contributed by atoms with Crippen LogP contribution in [0.2, 0.25) is 0 Å². The highest BCUT2D eigenvalue weighted by atomic mass is 16.7. The molecule has 0 amide bonds. The van der Waals surface area contributed by atoms with Crippen LogP contribution in [-0.2, 0) is 4.74 Å². The van der Waals surface area contributed by atoms with Crippen molar-refractivity contribution in [2.75, 3.05) is 6.61 Å². The average Bonchev–Trinajstić information content (AvgIpc) is 2.55. The lowest BCUT2D eigenvalue weighted by Crippen LogP contribution is -2.60. The molecule has 1 fully saturated rings. The number of rotatable bonds is 3. The molecular weight excluding hydrogens is 288 g/mol. The fourth-order valence-corrected chi connectivity index (χ4v) is 2.64. The van der Waals surface area contributed by atoms with Gasteiger partial charge in [-0.1, -0.05) is 36.4 Å². The molecular formula is C16H18O6. The maximum absolute atomic E-state index is 10.1. The zero-order valence-corrected chi connectivity index (χ0v) is 11.7. The van der Waals surface area contributed by atoms with Crippen molar-refractivity contribution in [3.8, 4) is 5.75 Å². The van der Waals surface area contributed by atoms with E-state index in [2.05, 4.69) is 0 Å². The lowest BCUT2D eigenvalue weighted by atomic mass is 9.99. The molecule has 2 aromatic carbocycles. The summed E-state index contributed by atoms with van der Waals surface area (Å²) in [6, 6.07) is 13.0. The highest BCUT2D eigenvalue weighted by Crippen LogP contribution is 2.29. The van der Waals surface area contributed by atoms with Crippen molar-refractivity contribution in [1.29, 1.82) is 0 Å². The van der Waals surface area contributed by atoms with Crippen molar-refractivity contribution < 1.29 is 29.9 Å². The molecule has 0 saturated carbocycles. The zero-order valence-electron chi connectivity index (χ0n) is 11.7. The Morgan fingerprint density at radius 3 is 2.45 bits per heavy atom. The highest BCUT2D eigenvalue weighted by Gasteiger charge is 2.45. The third-order valence-electron chi connectivity index (χ3n) is 3.86. The van der Waals surface area contributed by atoms with Crippen LogP contribution in [-0.4, -0.2) is 57.7 Å². The van der Waals surface area contributed by atoms with E-state index in [4.69, 9.17) is 14.6 Å². The smallest absolute Gasteiger partial charge is 0.195 e. The van der Waals surface area contributed by atoms with Crippen LogP contribution in [0.1, 0.15) is 0 Å². The second-order valence-corrected chi connectivity index (χ2v) is 5.29. The van der Waals surface area contributed by atoms with E-state index in [1.165, 1.54) is 0 Å². The highest BCUT2D eigenvalue weighted by molar-refractivity contribution is 5.88. The van der Waals surface area contributed by atoms with Crippen molar-refractivity contribution >= 4 is 10.8 Å². The summed E-state index contributed by atoms with van der Waals surface area (Å²) in [5.74, 6) is 0.472. The van der Waals surface area contributed by atoms with Gasteiger partial charge in [-0.3, -0.25) is 0 Å². The van der Waals surface area contributed by atoms with E-state index in [-0.39, 0.29) is 0 Å². The van der Waals surface area contributed by atoms with Gasteiger partial charge in [0.25, 0.3) is 0 Å². The normalized spacial score (nSPS) is 32.1. The average molecular weight is 306 g/mol. The molecule has 3 rings (SSSR count). The monoisotopic (exact) mass is 306 g/mol. The Labute approximate surface area is 127 Å². The lowest BCUT2D eigenvalue weighted by Gasteiger charge is -2.39. The third-order valence-corrected chi connectivity index (χ3v) is 3.86. The van der Waals surface area contributed by atoms with Gasteiger partial charge >= 0.3 is 0 Å². The minimum Gasteiger partial charge on any atom is -0.482 e. The molecule has 0 bridgehead atoms. The molecule has 0 unspecified atom stereocenters. The van der Waals surface area contributed by atoms with Crippen molar-refractivity contribution in [1.82, 2.24) is 0 Å². The number of fused-ring (bicyclic) bond motifs is 1. The van der Waals surface area contributed by atoms with E-state index in [9.17, 15) is 15.3 Å². The van der Waals surface area contributed by atoms with Crippen LogP contribution in [0.25, 0.3) is 10.8 Å². The number of hydrogen-bond donors (Lipinski definition) is 4. The van der Waals surface area contributed by atoms with Crippen LogP contribution in [0, 0.1) is 0 Å². The predicted molar refractivity (Wildman–Crippen MR) is 78.3 cm³/mol. The van der Waals surface area contributed by atoms with Gasteiger partial charge in [-0.2, -0.15) is 0 Å². The third kappa shape index (κ3) is 2.67. The standard InChI is InChI=1S/C16H18O6/c17-8-12-13(18)14(19)15(16(20)22-12)21-11-7-3-5-9-4-1-2-6-10(9)11/h1-7,12-20H,8H2/t12-,13+,14+,15-,16+/m1/s1. The molecule has 6 heteroatoms. The topological polar surface area (TPSA) is 99.4 Å². The van der Waals surface area contributed by atoms with Gasteiger partial charge in [0, 0.05) is 5.39 Å². The van der Waals surface area contributed by atoms with Crippen LogP contribution in [0.3, 0.4) is 0 Å². The van der Waals surface area contributed by atoms with Gasteiger partial charge in [0.15, 0.2) is 12.4 Å². The Morgan fingerprint density at radius 2 is 1.68 bits per heavy atom. The summed E-state index contributed by atoms with van der Waals surface area (Å²) in [4.78, 5) is 0. The molecule has 22 heavy (non-hydrogen) atoms. The molecule has 2 aromatic rings. The maximum atomic E-state index is 10.1. The fourth-order valence-electron chi connectivity index (χ4n) is 2.64. The second-order valence-electron chi connectivity index (χ2n) is 5.29. The van der Waals surface area contributed by atoms with E-state index in [0.29, 0.717) is 5.75 Å². The summed E-state index contributed by atoms with van der Waals surface area (Å²) in [6.07, 6.45) is -6.36. The van der Waals surface area contributed by atoms with Gasteiger partial charge in [0.1, 0.15) is 24.1 Å². The summed E-state index contributed by atoms with van der Waals surface area (Å²) in [7, 11) is 0. The molecule has 6 nitrogen and oxygen atoms in total. The van der Waals surface area contributed by atoms with Gasteiger partial charge in [-0.25, -0.2) is 0 Å². The summed E-state index contributed by atoms with van der Waals surface area (Å²) in [6.45, 7) is -0.504. The number of benzene rings is 2. The summed E-state index contributed by atoms with van der Waals surface area (Å²) >= 11 is 0. The molecule has 4 N–H and O–H groups in total. The lowest BCUT2D eigenvalue weighted by molar-refractivity contribution is -0.280. The Bertz CT molecular complexity index is 640. The molecule has 0 aliphatic carbocycles. The summed E-state index contributed by atoms with van der Waals surface area (Å²) in [5, 5.41) is 40.8. The first-order chi connectivity index (χ1) is 10.6. The van der Waals surface area contributed by atoms with Gasteiger partial charge in [0.2, 0.25) is 0 Å². The zero-order chi connectivity index (χ0) is 15.7. The molecule has 0 spiro atoms. The minimum absolute atomic E-state index is 0.472. The maximum Gasteiger partial charge on any atom is 0.195 e. The van der Waals surface area contributed by atoms with E-state index >= 15 is 0 Å². The summed E-state index contributed by atoms with van der Waals surface area (Å²) in [5.41, 5.74) is 0. The molecule has 1 saturated heterocycles. The van der Waals surface area contributed by atoms with Crippen LogP contribution >= 0.6 is 0 Å². The van der Waals surface area contributed by atoms with Crippen LogP contribution < -0.4 is 4.74 Å². The molecule has 0 aromatic heterocycles. The van der Waals surface area contributed by atoms with E-state index in [0.717, 1.165) is 10.8 Å². The molecule has 0 radical (unpaired) electrons. The van der Waals surface area contributed by atoms with Gasteiger partial charge < -0.3 is 29.9 Å². The molecule has 1 aliphatic heterocycles. The number of hydrogen-bond acceptors (Lipinski definition) is 6. The van der Waals surface area contributed by atoms with Crippen molar-refractivity contribution in [3.63, 3.8) is 0 Å². The number of aliphatic hydroxyl groups excluding tert-OH is 4. The quantitative estimate of drug-likeness (QED) is 0.638. The molecule has 118 valence electrons. The first-order valence-corrected chi connectivity index (χ1v) is 7.07. The van der Waals surface area contributed by atoms with Gasteiger partial charge in [0.05, 0.1) is 6.61 Å². The van der Waals surface area contributed by atoms with Gasteiger partial charge in [-0.05, 0) is 11.5 Å². The van der Waals surface area contributed by atoms with E-state index in [1.54, 1.807) is 12.1 Å². The Kier molecular flexibility index (Phi) is 4.28. The van der Waals surface area contributed by atoms with Crippen LogP contribution in [0.4, 0.5) is 0 Å². The fraction of sp³-hybridized carbons (Fsp3) is 0.375. The minimum atomic E-state index is -1.45. The Morgan fingerprint density at radius 1 is 0.955 bits per heavy atom. The first-order valence-electron chi connectivity index (χ1n) is 7.07. The second kappa shape index (κ2) is 6.20. The Balaban J connectivity index is 1.88. The molecule has 5 atom stereocenters. The van der Waals surface area contributed by atoms with Crippen molar-refractivity contribution in [2.45, 2.75) is 30.7 Å². The first kappa shape index (κ1) is 15.2. The van der Waals surface area contributed by atoms with Crippen molar-refractivity contribution in [2.24, 2.45) is 0 Å². The largest absolute Gasteiger partial charge is 0.482 e. The van der Waals surface area contributed by atoms with E-state index < -0.39 is 37.3 Å². The van der Waals surface area contributed by atoms with Crippen molar-refractivity contribution in [3.05, 3.63) is 42.5 Å². The summed E-state index contributed by atoms with van der Waals surface area (Å²) < 4.78 is 10.8. The SMILES string of the molecule is OC[C@H]1O[C@H](O)[C@H](Oc2cccc3ccccc23)[C@@H](O)[C@H]1O. The number of aliphatic hydroxyl groups is 4. The van der Waals surface area contributed by atoms with Crippen LogP contribution in [0.5, 0.6) is 5.75 Å². The number of ether oxygens (including phenoxy) is 2. The van der Waals surface area contributed by atoms with E-state index in [1.807, 2.05) is 30.3 Å². The van der Waals surface area contributed by atoms with Crippen LogP contribution in [0.15, 0.2) is 42.5 Å². The molecule has 1 heterocycles. The Hall–Kier alpha value is -1.70.